The van der Waals surface area contributed by atoms with Crippen LogP contribution in [0.2, 0.25) is 0 Å². The molecule has 1 fully saturated rings. The number of carbonyl (C=O) groups excluding carboxylic acids is 2. The first-order valence-electron chi connectivity index (χ1n) is 11.8. The Balaban J connectivity index is 1.76. The Kier molecular flexibility index (Phi) is 8.70. The second kappa shape index (κ2) is 11.7. The van der Waals surface area contributed by atoms with Crippen molar-refractivity contribution >= 4 is 12.1 Å². The third-order valence-electron chi connectivity index (χ3n) is 5.52. The van der Waals surface area contributed by atoms with Gasteiger partial charge in [-0.05, 0) is 76.6 Å². The molecule has 0 spiro atoms. The molecule has 0 saturated carbocycles. The molecule has 0 radical (unpaired) electrons. The fourth-order valence-electron chi connectivity index (χ4n) is 3.92. The summed E-state index contributed by atoms with van der Waals surface area (Å²) in [6, 6.07) is 19.1. The number of rotatable bonds is 7. The van der Waals surface area contributed by atoms with Crippen LogP contribution in [0.25, 0.3) is 0 Å². The molecule has 1 aliphatic rings. The Bertz CT molecular complexity index is 931. The van der Waals surface area contributed by atoms with E-state index in [4.69, 9.17) is 9.47 Å². The van der Waals surface area contributed by atoms with Crippen LogP contribution in [0, 0.1) is 0 Å². The quantitative estimate of drug-likeness (QED) is 0.356. The number of amides is 1. The van der Waals surface area contributed by atoms with Gasteiger partial charge in [-0.2, -0.15) is 0 Å². The van der Waals surface area contributed by atoms with E-state index in [9.17, 15) is 9.59 Å². The molecule has 2 aromatic carbocycles. The van der Waals surface area contributed by atoms with Crippen LogP contribution >= 0.6 is 0 Å². The van der Waals surface area contributed by atoms with Crippen molar-refractivity contribution in [2.45, 2.75) is 70.9 Å². The summed E-state index contributed by atoms with van der Waals surface area (Å²) < 4.78 is 11.5. The average Bonchev–Trinajstić information content (AvgIpc) is 2.79. The molecule has 1 amide bonds. The summed E-state index contributed by atoms with van der Waals surface area (Å²) in [5.41, 5.74) is 1.21. The zero-order chi connectivity index (χ0) is 23.7. The third kappa shape index (κ3) is 8.08. The number of ether oxygens (including phenoxy) is 2. The van der Waals surface area contributed by atoms with E-state index in [2.05, 4.69) is 12.1 Å². The van der Waals surface area contributed by atoms with Gasteiger partial charge in [0.1, 0.15) is 11.4 Å². The SMILES string of the molecule is CC(C)(C)OC(=O)N1CCCCC1/C=C(\CCCc1ccccc1)OC(=O)c1ccccc1. The van der Waals surface area contributed by atoms with Crippen molar-refractivity contribution in [1.82, 2.24) is 4.90 Å². The van der Waals surface area contributed by atoms with Gasteiger partial charge in [-0.1, -0.05) is 48.5 Å². The van der Waals surface area contributed by atoms with E-state index in [0.29, 0.717) is 24.3 Å². The summed E-state index contributed by atoms with van der Waals surface area (Å²) in [6.45, 7) is 6.25. The number of piperidine rings is 1. The summed E-state index contributed by atoms with van der Waals surface area (Å²) in [5.74, 6) is 0.237. The van der Waals surface area contributed by atoms with Crippen molar-refractivity contribution in [3.8, 4) is 0 Å². The van der Waals surface area contributed by atoms with Crippen molar-refractivity contribution in [3.63, 3.8) is 0 Å². The van der Waals surface area contributed by atoms with Gasteiger partial charge in [-0.3, -0.25) is 0 Å². The Morgan fingerprint density at radius 2 is 1.67 bits per heavy atom. The largest absolute Gasteiger partial charge is 0.444 e. The second-order valence-electron chi connectivity index (χ2n) is 9.46. The molecule has 33 heavy (non-hydrogen) atoms. The van der Waals surface area contributed by atoms with Gasteiger partial charge in [0, 0.05) is 13.0 Å². The molecule has 2 aromatic rings. The van der Waals surface area contributed by atoms with Crippen molar-refractivity contribution in [1.29, 1.82) is 0 Å². The van der Waals surface area contributed by atoms with Crippen LogP contribution in [0.15, 0.2) is 72.5 Å². The maximum absolute atomic E-state index is 12.8. The topological polar surface area (TPSA) is 55.8 Å². The minimum atomic E-state index is -0.554. The van der Waals surface area contributed by atoms with Gasteiger partial charge in [0.15, 0.2) is 0 Å². The van der Waals surface area contributed by atoms with Crippen LogP contribution in [0.3, 0.4) is 0 Å². The minimum absolute atomic E-state index is 0.149. The van der Waals surface area contributed by atoms with Gasteiger partial charge in [-0.15, -0.1) is 0 Å². The molecule has 0 aromatic heterocycles. The van der Waals surface area contributed by atoms with Crippen LogP contribution in [-0.2, 0) is 15.9 Å². The second-order valence-corrected chi connectivity index (χ2v) is 9.46. The molecule has 1 atom stereocenters. The van der Waals surface area contributed by atoms with Crippen LogP contribution in [0.4, 0.5) is 4.79 Å². The van der Waals surface area contributed by atoms with E-state index < -0.39 is 5.60 Å². The van der Waals surface area contributed by atoms with Crippen LogP contribution in [-0.4, -0.2) is 35.2 Å². The van der Waals surface area contributed by atoms with Crippen LogP contribution in [0.5, 0.6) is 0 Å². The summed E-state index contributed by atoms with van der Waals surface area (Å²) in [5, 5.41) is 0. The predicted molar refractivity (Wildman–Crippen MR) is 130 cm³/mol. The van der Waals surface area contributed by atoms with Gasteiger partial charge in [0.25, 0.3) is 0 Å². The summed E-state index contributed by atoms with van der Waals surface area (Å²) in [4.78, 5) is 27.3. The molecule has 0 bridgehead atoms. The van der Waals surface area contributed by atoms with E-state index in [0.717, 1.165) is 32.1 Å². The molecular weight excluding hydrogens is 414 g/mol. The number of likely N-dealkylation sites (tertiary alicyclic amines) is 1. The minimum Gasteiger partial charge on any atom is -0.444 e. The van der Waals surface area contributed by atoms with Gasteiger partial charge in [0.2, 0.25) is 0 Å². The molecular formula is C28H35NO4. The lowest BCUT2D eigenvalue weighted by Gasteiger charge is -2.35. The summed E-state index contributed by atoms with van der Waals surface area (Å²) in [7, 11) is 0. The highest BCUT2D eigenvalue weighted by molar-refractivity contribution is 5.90. The fourth-order valence-corrected chi connectivity index (χ4v) is 3.92. The third-order valence-corrected chi connectivity index (χ3v) is 5.52. The van der Waals surface area contributed by atoms with E-state index in [1.165, 1.54) is 5.56 Å². The summed E-state index contributed by atoms with van der Waals surface area (Å²) in [6.07, 6.45) is 6.77. The molecule has 1 aliphatic heterocycles. The first kappa shape index (κ1) is 24.6. The Morgan fingerprint density at radius 3 is 2.33 bits per heavy atom. The fraction of sp³-hybridized carbons (Fsp3) is 0.429. The Morgan fingerprint density at radius 1 is 1.00 bits per heavy atom. The molecule has 0 N–H and O–H groups in total. The first-order chi connectivity index (χ1) is 15.8. The number of allylic oxidation sites excluding steroid dienone is 1. The van der Waals surface area contributed by atoms with Crippen molar-refractivity contribution < 1.29 is 19.1 Å². The lowest BCUT2D eigenvalue weighted by Crippen LogP contribution is -2.45. The molecule has 5 nitrogen and oxygen atoms in total. The standard InChI is InChI=1S/C28H35NO4/c1-28(2,3)33-27(31)29-20-11-10-18-24(29)21-25(19-12-15-22-13-6-4-7-14-22)32-26(30)23-16-8-5-9-17-23/h4-9,13-14,16-17,21,24H,10-12,15,18-20H2,1-3H3/b25-21+. The molecule has 0 aliphatic carbocycles. The Hall–Kier alpha value is -3.08. The summed E-state index contributed by atoms with van der Waals surface area (Å²) >= 11 is 0. The number of nitrogens with zero attached hydrogens (tertiary/aromatic N) is 1. The first-order valence-corrected chi connectivity index (χ1v) is 11.8. The zero-order valence-corrected chi connectivity index (χ0v) is 20.0. The highest BCUT2D eigenvalue weighted by Crippen LogP contribution is 2.24. The molecule has 176 valence electrons. The molecule has 5 heteroatoms. The predicted octanol–water partition coefficient (Wildman–Crippen LogP) is 6.54. The van der Waals surface area contributed by atoms with Crippen molar-refractivity contribution in [2.24, 2.45) is 0 Å². The zero-order valence-electron chi connectivity index (χ0n) is 20.0. The van der Waals surface area contributed by atoms with Crippen LogP contribution < -0.4 is 0 Å². The van der Waals surface area contributed by atoms with Gasteiger partial charge in [-0.25, -0.2) is 9.59 Å². The molecule has 3 rings (SSSR count). The number of aryl methyl sites for hydroxylation is 1. The van der Waals surface area contributed by atoms with Gasteiger partial charge < -0.3 is 14.4 Å². The number of hydrogen-bond acceptors (Lipinski definition) is 4. The lowest BCUT2D eigenvalue weighted by atomic mass is 10.0. The van der Waals surface area contributed by atoms with Crippen LogP contribution in [0.1, 0.15) is 68.8 Å². The molecule has 1 heterocycles. The monoisotopic (exact) mass is 449 g/mol. The molecule has 1 saturated heterocycles. The number of carbonyl (C=O) groups is 2. The maximum Gasteiger partial charge on any atom is 0.410 e. The van der Waals surface area contributed by atoms with Gasteiger partial charge >= 0.3 is 12.1 Å². The van der Waals surface area contributed by atoms with E-state index in [1.807, 2.05) is 63.2 Å². The highest BCUT2D eigenvalue weighted by atomic mass is 16.6. The van der Waals surface area contributed by atoms with E-state index in [-0.39, 0.29) is 18.1 Å². The number of benzene rings is 2. The van der Waals surface area contributed by atoms with E-state index in [1.54, 1.807) is 17.0 Å². The Labute approximate surface area is 197 Å². The van der Waals surface area contributed by atoms with Crippen molar-refractivity contribution in [3.05, 3.63) is 83.6 Å². The average molecular weight is 450 g/mol. The molecule has 1 unspecified atom stereocenters. The number of esters is 1. The highest BCUT2D eigenvalue weighted by Gasteiger charge is 2.30. The number of hydrogen-bond donors (Lipinski definition) is 0. The van der Waals surface area contributed by atoms with Crippen molar-refractivity contribution in [2.75, 3.05) is 6.54 Å². The normalized spacial score (nSPS) is 16.9. The van der Waals surface area contributed by atoms with Gasteiger partial charge in [0.05, 0.1) is 11.6 Å². The maximum atomic E-state index is 12.8. The lowest BCUT2D eigenvalue weighted by molar-refractivity contribution is 0.0146. The smallest absolute Gasteiger partial charge is 0.410 e. The van der Waals surface area contributed by atoms with E-state index >= 15 is 0 Å².